The fourth-order valence-corrected chi connectivity index (χ4v) is 2.11. The van der Waals surface area contributed by atoms with Gasteiger partial charge in [-0.1, -0.05) is 30.3 Å². The number of aromatic carboxylic acids is 1. The first-order valence-electron chi connectivity index (χ1n) is 6.25. The first kappa shape index (κ1) is 14.1. The Hall–Kier alpha value is -2.33. The van der Waals surface area contributed by atoms with Gasteiger partial charge in [0.25, 0.3) is 0 Å². The van der Waals surface area contributed by atoms with Crippen molar-refractivity contribution in [2.75, 3.05) is 7.11 Å². The van der Waals surface area contributed by atoms with Crippen molar-refractivity contribution >= 4 is 5.97 Å². The molecular weight excluding hydrogens is 256 g/mol. The Morgan fingerprint density at radius 1 is 1.20 bits per heavy atom. The molecule has 0 heterocycles. The number of aliphatic hydroxyl groups is 1. The molecule has 4 nitrogen and oxygen atoms in total. The number of rotatable bonds is 5. The molecule has 0 bridgehead atoms. The Morgan fingerprint density at radius 2 is 1.95 bits per heavy atom. The van der Waals surface area contributed by atoms with E-state index in [-0.39, 0.29) is 5.56 Å². The summed E-state index contributed by atoms with van der Waals surface area (Å²) in [5, 5.41) is 19.4. The minimum absolute atomic E-state index is 0.128. The van der Waals surface area contributed by atoms with E-state index < -0.39 is 12.1 Å². The number of carboxylic acid groups (broad SMARTS) is 1. The Morgan fingerprint density at radius 3 is 2.65 bits per heavy atom. The lowest BCUT2D eigenvalue weighted by Crippen LogP contribution is -2.09. The van der Waals surface area contributed by atoms with Gasteiger partial charge in [-0.15, -0.1) is 0 Å². The predicted molar refractivity (Wildman–Crippen MR) is 75.1 cm³/mol. The molecule has 0 aliphatic carbocycles. The summed E-state index contributed by atoms with van der Waals surface area (Å²) in [7, 11) is 1.58. The van der Waals surface area contributed by atoms with E-state index in [1.165, 1.54) is 6.07 Å². The fraction of sp³-hybridized carbons (Fsp3) is 0.188. The van der Waals surface area contributed by atoms with Gasteiger partial charge in [-0.25, -0.2) is 4.79 Å². The monoisotopic (exact) mass is 272 g/mol. The minimum atomic E-state index is -1.04. The van der Waals surface area contributed by atoms with Crippen molar-refractivity contribution < 1.29 is 19.7 Å². The van der Waals surface area contributed by atoms with Crippen LogP contribution in [0.15, 0.2) is 48.5 Å². The Kier molecular flexibility index (Phi) is 4.38. The Labute approximate surface area is 117 Å². The van der Waals surface area contributed by atoms with Crippen LogP contribution in [0.5, 0.6) is 5.75 Å². The maximum Gasteiger partial charge on any atom is 0.336 e. The van der Waals surface area contributed by atoms with E-state index in [1.807, 2.05) is 24.3 Å². The molecule has 4 heteroatoms. The van der Waals surface area contributed by atoms with E-state index in [4.69, 9.17) is 9.84 Å². The van der Waals surface area contributed by atoms with Crippen molar-refractivity contribution in [3.8, 4) is 5.75 Å². The SMILES string of the molecule is COc1cccc(CC(O)c2ccccc2C(=O)O)c1. The van der Waals surface area contributed by atoms with E-state index in [9.17, 15) is 9.90 Å². The maximum atomic E-state index is 11.1. The molecule has 0 aliphatic heterocycles. The zero-order valence-corrected chi connectivity index (χ0v) is 11.1. The first-order valence-corrected chi connectivity index (χ1v) is 6.25. The molecule has 20 heavy (non-hydrogen) atoms. The summed E-state index contributed by atoms with van der Waals surface area (Å²) in [4.78, 5) is 11.1. The molecule has 104 valence electrons. The second kappa shape index (κ2) is 6.21. The van der Waals surface area contributed by atoms with Crippen molar-refractivity contribution in [2.24, 2.45) is 0 Å². The minimum Gasteiger partial charge on any atom is -0.497 e. The number of ether oxygens (including phenoxy) is 1. The van der Waals surface area contributed by atoms with Crippen LogP contribution in [0.4, 0.5) is 0 Å². The van der Waals surface area contributed by atoms with Crippen LogP contribution < -0.4 is 4.74 Å². The Bertz CT molecular complexity index is 607. The number of carbonyl (C=O) groups is 1. The van der Waals surface area contributed by atoms with Crippen LogP contribution in [0, 0.1) is 0 Å². The molecule has 2 aromatic carbocycles. The van der Waals surface area contributed by atoms with E-state index in [0.29, 0.717) is 17.7 Å². The zero-order valence-electron chi connectivity index (χ0n) is 11.1. The normalized spacial score (nSPS) is 11.9. The van der Waals surface area contributed by atoms with Crippen LogP contribution in [0.3, 0.4) is 0 Å². The molecule has 1 atom stereocenters. The maximum absolute atomic E-state index is 11.1. The van der Waals surface area contributed by atoms with Crippen LogP contribution in [0.25, 0.3) is 0 Å². The van der Waals surface area contributed by atoms with Crippen LogP contribution in [-0.2, 0) is 6.42 Å². The van der Waals surface area contributed by atoms with Crippen LogP contribution >= 0.6 is 0 Å². The fourth-order valence-electron chi connectivity index (χ4n) is 2.11. The zero-order chi connectivity index (χ0) is 14.5. The topological polar surface area (TPSA) is 66.8 Å². The van der Waals surface area contributed by atoms with Gasteiger partial charge in [0.1, 0.15) is 5.75 Å². The molecular formula is C16H16O4. The summed E-state index contributed by atoms with van der Waals surface area (Å²) in [6.45, 7) is 0. The highest BCUT2D eigenvalue weighted by molar-refractivity contribution is 5.89. The van der Waals surface area contributed by atoms with Crippen molar-refractivity contribution in [3.63, 3.8) is 0 Å². The van der Waals surface area contributed by atoms with Crippen LogP contribution in [-0.4, -0.2) is 23.3 Å². The van der Waals surface area contributed by atoms with Gasteiger partial charge in [-0.05, 0) is 29.3 Å². The van der Waals surface area contributed by atoms with Crippen molar-refractivity contribution in [1.29, 1.82) is 0 Å². The summed E-state index contributed by atoms with van der Waals surface area (Å²) in [6, 6.07) is 13.8. The number of hydrogen-bond donors (Lipinski definition) is 2. The van der Waals surface area contributed by atoms with Gasteiger partial charge in [-0.2, -0.15) is 0 Å². The molecule has 0 amide bonds. The predicted octanol–water partition coefficient (Wildman–Crippen LogP) is 2.67. The molecule has 0 aromatic heterocycles. The van der Waals surface area contributed by atoms with Crippen molar-refractivity contribution in [3.05, 3.63) is 65.2 Å². The van der Waals surface area contributed by atoms with E-state index in [2.05, 4.69) is 0 Å². The third-order valence-corrected chi connectivity index (χ3v) is 3.11. The van der Waals surface area contributed by atoms with Gasteiger partial charge < -0.3 is 14.9 Å². The lowest BCUT2D eigenvalue weighted by Gasteiger charge is -2.14. The second-order valence-electron chi connectivity index (χ2n) is 4.46. The lowest BCUT2D eigenvalue weighted by atomic mass is 9.97. The largest absolute Gasteiger partial charge is 0.497 e. The highest BCUT2D eigenvalue weighted by Gasteiger charge is 2.16. The standard InChI is InChI=1S/C16H16O4/c1-20-12-6-4-5-11(9-12)10-15(17)13-7-2-3-8-14(13)16(18)19/h2-9,15,17H,10H2,1H3,(H,18,19). The first-order chi connectivity index (χ1) is 9.61. The summed E-state index contributed by atoms with van der Waals surface area (Å²) >= 11 is 0. The molecule has 0 fully saturated rings. The van der Waals surface area contributed by atoms with E-state index >= 15 is 0 Å². The molecule has 0 saturated carbocycles. The van der Waals surface area contributed by atoms with E-state index in [1.54, 1.807) is 25.3 Å². The average molecular weight is 272 g/mol. The number of hydrogen-bond acceptors (Lipinski definition) is 3. The number of aliphatic hydroxyl groups excluding tert-OH is 1. The number of benzene rings is 2. The van der Waals surface area contributed by atoms with Gasteiger partial charge in [-0.3, -0.25) is 0 Å². The summed E-state index contributed by atoms with van der Waals surface area (Å²) in [5.41, 5.74) is 1.43. The summed E-state index contributed by atoms with van der Waals surface area (Å²) < 4.78 is 5.13. The van der Waals surface area contributed by atoms with Crippen molar-refractivity contribution in [1.82, 2.24) is 0 Å². The van der Waals surface area contributed by atoms with Gasteiger partial charge in [0.2, 0.25) is 0 Å². The van der Waals surface area contributed by atoms with Gasteiger partial charge in [0.05, 0.1) is 18.8 Å². The van der Waals surface area contributed by atoms with Gasteiger partial charge in [0, 0.05) is 6.42 Å². The number of methoxy groups -OCH3 is 1. The van der Waals surface area contributed by atoms with Gasteiger partial charge in [0.15, 0.2) is 0 Å². The summed E-state index contributed by atoms with van der Waals surface area (Å²) in [5.74, 6) is -0.327. The molecule has 2 aromatic rings. The molecule has 0 aliphatic rings. The molecule has 2 rings (SSSR count). The molecule has 1 unspecified atom stereocenters. The smallest absolute Gasteiger partial charge is 0.336 e. The van der Waals surface area contributed by atoms with Crippen LogP contribution in [0.1, 0.15) is 27.6 Å². The van der Waals surface area contributed by atoms with Gasteiger partial charge >= 0.3 is 5.97 Å². The highest BCUT2D eigenvalue weighted by Crippen LogP contribution is 2.23. The quantitative estimate of drug-likeness (QED) is 0.878. The van der Waals surface area contributed by atoms with Crippen LogP contribution in [0.2, 0.25) is 0 Å². The molecule has 0 spiro atoms. The lowest BCUT2D eigenvalue weighted by molar-refractivity contribution is 0.0689. The Balaban J connectivity index is 2.23. The molecule has 0 radical (unpaired) electrons. The molecule has 0 saturated heterocycles. The third kappa shape index (κ3) is 3.16. The third-order valence-electron chi connectivity index (χ3n) is 3.11. The van der Waals surface area contributed by atoms with Crippen molar-refractivity contribution in [2.45, 2.75) is 12.5 Å². The highest BCUT2D eigenvalue weighted by atomic mass is 16.5. The average Bonchev–Trinajstić information content (AvgIpc) is 2.47. The van der Waals surface area contributed by atoms with E-state index in [0.717, 1.165) is 5.56 Å². The second-order valence-corrected chi connectivity index (χ2v) is 4.46. The molecule has 2 N–H and O–H groups in total. The summed E-state index contributed by atoms with van der Waals surface area (Å²) in [6.07, 6.45) is -0.531. The number of carboxylic acids is 1.